The first-order valence-corrected chi connectivity index (χ1v) is 11.2. The highest BCUT2D eigenvalue weighted by molar-refractivity contribution is 7.89. The number of nitro groups is 1. The van der Waals surface area contributed by atoms with Gasteiger partial charge >= 0.3 is 0 Å². The van der Waals surface area contributed by atoms with Crippen molar-refractivity contribution in [1.29, 1.82) is 0 Å². The van der Waals surface area contributed by atoms with Crippen molar-refractivity contribution in [1.82, 2.24) is 14.2 Å². The van der Waals surface area contributed by atoms with Crippen LogP contribution in [0.3, 0.4) is 0 Å². The fourth-order valence-electron chi connectivity index (χ4n) is 3.53. The number of carbonyl (C=O) groups excluding carboxylic acids is 1. The van der Waals surface area contributed by atoms with Crippen LogP contribution in [0.2, 0.25) is 5.15 Å². The zero-order valence-corrected chi connectivity index (χ0v) is 17.7. The molecule has 9 nitrogen and oxygen atoms in total. The van der Waals surface area contributed by atoms with Crippen molar-refractivity contribution < 1.29 is 18.1 Å². The molecule has 2 aromatic carbocycles. The van der Waals surface area contributed by atoms with Crippen molar-refractivity contribution in [2.24, 2.45) is 0 Å². The number of nitrogens with zero attached hydrogens (tertiary/aromatic N) is 4. The normalized spacial score (nSPS) is 15.2. The number of hydrogen-bond donors (Lipinski definition) is 0. The molecule has 31 heavy (non-hydrogen) atoms. The zero-order valence-electron chi connectivity index (χ0n) is 16.1. The third-order valence-electron chi connectivity index (χ3n) is 5.11. The molecule has 1 saturated heterocycles. The monoisotopic (exact) mass is 460 g/mol. The molecule has 0 bridgehead atoms. The molecule has 0 radical (unpaired) electrons. The Balaban J connectivity index is 1.53. The number of fused-ring (bicyclic) bond motifs is 1. The molecule has 1 fully saturated rings. The number of aromatic nitrogens is 1. The van der Waals surface area contributed by atoms with Crippen molar-refractivity contribution in [3.8, 4) is 0 Å². The molecule has 3 aromatic rings. The summed E-state index contributed by atoms with van der Waals surface area (Å²) in [7, 11) is -3.91. The van der Waals surface area contributed by atoms with Crippen LogP contribution in [0.5, 0.6) is 0 Å². The van der Waals surface area contributed by atoms with Gasteiger partial charge in [-0.25, -0.2) is 13.4 Å². The minimum Gasteiger partial charge on any atom is -0.336 e. The van der Waals surface area contributed by atoms with Gasteiger partial charge in [0.2, 0.25) is 10.0 Å². The van der Waals surface area contributed by atoms with Gasteiger partial charge in [0.05, 0.1) is 20.9 Å². The van der Waals surface area contributed by atoms with E-state index in [0.29, 0.717) is 16.5 Å². The summed E-state index contributed by atoms with van der Waals surface area (Å²) in [6, 6.07) is 13.6. The lowest BCUT2D eigenvalue weighted by molar-refractivity contribution is -0.385. The first-order chi connectivity index (χ1) is 14.8. The minimum atomic E-state index is -3.91. The number of hydrogen-bond acceptors (Lipinski definition) is 6. The number of benzene rings is 2. The van der Waals surface area contributed by atoms with E-state index >= 15 is 0 Å². The van der Waals surface area contributed by atoms with Crippen LogP contribution in [-0.4, -0.2) is 59.6 Å². The van der Waals surface area contributed by atoms with Crippen LogP contribution in [0.4, 0.5) is 5.69 Å². The highest BCUT2D eigenvalue weighted by Crippen LogP contribution is 2.25. The molecular formula is C20H17ClN4O5S. The van der Waals surface area contributed by atoms with Gasteiger partial charge in [-0.05, 0) is 18.2 Å². The molecule has 0 saturated carbocycles. The summed E-state index contributed by atoms with van der Waals surface area (Å²) in [5.41, 5.74) is 0.715. The van der Waals surface area contributed by atoms with Crippen molar-refractivity contribution in [3.63, 3.8) is 0 Å². The molecule has 1 aliphatic heterocycles. The number of non-ortho nitro benzene ring substituents is 1. The quantitative estimate of drug-likeness (QED) is 0.336. The third-order valence-corrected chi connectivity index (χ3v) is 7.20. The summed E-state index contributed by atoms with van der Waals surface area (Å²) in [6.07, 6.45) is 0. The van der Waals surface area contributed by atoms with Crippen LogP contribution in [0.15, 0.2) is 59.5 Å². The Kier molecular flexibility index (Phi) is 5.61. The molecule has 0 spiro atoms. The maximum Gasteiger partial charge on any atom is 0.270 e. The summed E-state index contributed by atoms with van der Waals surface area (Å²) >= 11 is 6.08. The number of carbonyl (C=O) groups is 1. The second-order valence-electron chi connectivity index (χ2n) is 6.96. The first kappa shape index (κ1) is 21.2. The van der Waals surface area contributed by atoms with Crippen LogP contribution in [0, 0.1) is 10.1 Å². The van der Waals surface area contributed by atoms with Gasteiger partial charge in [0.25, 0.3) is 11.6 Å². The molecule has 4 rings (SSSR count). The van der Waals surface area contributed by atoms with E-state index in [4.69, 9.17) is 11.6 Å². The molecule has 11 heteroatoms. The summed E-state index contributed by atoms with van der Waals surface area (Å²) in [5.74, 6) is -0.257. The number of halogens is 1. The molecule has 160 valence electrons. The lowest BCUT2D eigenvalue weighted by atomic mass is 10.1. The van der Waals surface area contributed by atoms with Crippen LogP contribution >= 0.6 is 11.6 Å². The Hall–Kier alpha value is -3.08. The largest absolute Gasteiger partial charge is 0.336 e. The van der Waals surface area contributed by atoms with Crippen molar-refractivity contribution in [3.05, 3.63) is 75.4 Å². The fourth-order valence-corrected chi connectivity index (χ4v) is 5.19. The molecule has 1 aromatic heterocycles. The Bertz CT molecular complexity index is 1290. The highest BCUT2D eigenvalue weighted by Gasteiger charge is 2.31. The lowest BCUT2D eigenvalue weighted by Gasteiger charge is -2.34. The van der Waals surface area contributed by atoms with Crippen LogP contribution < -0.4 is 0 Å². The summed E-state index contributed by atoms with van der Waals surface area (Å²) in [6.45, 7) is 0.517. The molecule has 1 amide bonds. The maximum absolute atomic E-state index is 13.1. The second-order valence-corrected chi connectivity index (χ2v) is 9.29. The average Bonchev–Trinajstić information content (AvgIpc) is 2.78. The van der Waals surface area contributed by atoms with Gasteiger partial charge in [-0.2, -0.15) is 4.31 Å². The summed E-state index contributed by atoms with van der Waals surface area (Å²) in [4.78, 5) is 29.1. The van der Waals surface area contributed by atoms with E-state index < -0.39 is 14.9 Å². The van der Waals surface area contributed by atoms with Crippen LogP contribution in [-0.2, 0) is 10.0 Å². The van der Waals surface area contributed by atoms with Gasteiger partial charge in [0, 0.05) is 43.7 Å². The van der Waals surface area contributed by atoms with Crippen LogP contribution in [0.25, 0.3) is 10.9 Å². The molecule has 1 aliphatic rings. The van der Waals surface area contributed by atoms with Gasteiger partial charge in [-0.3, -0.25) is 14.9 Å². The van der Waals surface area contributed by atoms with E-state index in [9.17, 15) is 23.3 Å². The first-order valence-electron chi connectivity index (χ1n) is 9.36. The Labute approximate surface area is 183 Å². The molecular weight excluding hydrogens is 444 g/mol. The molecule has 0 atom stereocenters. The van der Waals surface area contributed by atoms with E-state index in [0.717, 1.165) is 6.07 Å². The van der Waals surface area contributed by atoms with Gasteiger partial charge in [-0.1, -0.05) is 35.9 Å². The molecule has 0 aliphatic carbocycles. The molecule has 2 heterocycles. The lowest BCUT2D eigenvalue weighted by Crippen LogP contribution is -2.50. The number of pyridine rings is 1. The molecule has 0 N–H and O–H groups in total. The number of sulfonamides is 1. The topological polar surface area (TPSA) is 114 Å². The summed E-state index contributed by atoms with van der Waals surface area (Å²) < 4.78 is 27.0. The zero-order chi connectivity index (χ0) is 22.2. The fraction of sp³-hybridized carbons (Fsp3) is 0.200. The van der Waals surface area contributed by atoms with E-state index in [2.05, 4.69) is 4.98 Å². The number of para-hydroxylation sites is 1. The highest BCUT2D eigenvalue weighted by atomic mass is 35.5. The Morgan fingerprint density at radius 3 is 2.45 bits per heavy atom. The minimum absolute atomic E-state index is 0.0769. The standard InChI is InChI=1S/C20H17ClN4O5S/c21-19-13-17(16-6-1-2-7-18(16)22-19)20(26)23-8-10-24(11-9-23)31(29,30)15-5-3-4-14(12-15)25(27)28/h1-7,12-13H,8-11H2. The Morgan fingerprint density at radius 1 is 1.03 bits per heavy atom. The number of nitro benzene ring substituents is 1. The van der Waals surface area contributed by atoms with Gasteiger partial charge < -0.3 is 4.90 Å². The SMILES string of the molecule is O=C(c1cc(Cl)nc2ccccc12)N1CCN(S(=O)(=O)c2cccc([N+](=O)[O-])c2)CC1. The van der Waals surface area contributed by atoms with E-state index in [-0.39, 0.29) is 47.8 Å². The molecule has 0 unspecified atom stereocenters. The van der Waals surface area contributed by atoms with E-state index in [1.54, 1.807) is 29.2 Å². The van der Waals surface area contributed by atoms with E-state index in [1.165, 1.54) is 28.6 Å². The predicted octanol–water partition coefficient (Wildman–Crippen LogP) is 2.94. The smallest absolute Gasteiger partial charge is 0.270 e. The second kappa shape index (κ2) is 8.22. The number of amides is 1. The van der Waals surface area contributed by atoms with Gasteiger partial charge in [0.1, 0.15) is 5.15 Å². The number of rotatable bonds is 4. The van der Waals surface area contributed by atoms with Gasteiger partial charge in [0.15, 0.2) is 0 Å². The van der Waals surface area contributed by atoms with Gasteiger partial charge in [-0.15, -0.1) is 0 Å². The van der Waals surface area contributed by atoms with Crippen molar-refractivity contribution >= 4 is 44.1 Å². The predicted molar refractivity (Wildman–Crippen MR) is 115 cm³/mol. The van der Waals surface area contributed by atoms with Crippen molar-refractivity contribution in [2.75, 3.05) is 26.2 Å². The maximum atomic E-state index is 13.1. The summed E-state index contributed by atoms with van der Waals surface area (Å²) in [5, 5.41) is 11.8. The van der Waals surface area contributed by atoms with Crippen LogP contribution in [0.1, 0.15) is 10.4 Å². The Morgan fingerprint density at radius 2 is 1.74 bits per heavy atom. The number of piperazine rings is 1. The van der Waals surface area contributed by atoms with Crippen molar-refractivity contribution in [2.45, 2.75) is 4.90 Å². The average molecular weight is 461 g/mol. The third kappa shape index (κ3) is 4.09. The van der Waals surface area contributed by atoms with E-state index in [1.807, 2.05) is 0 Å².